The average molecular weight is 896 g/mol. The van der Waals surface area contributed by atoms with Gasteiger partial charge in [0.05, 0.1) is 17.7 Å². The van der Waals surface area contributed by atoms with Crippen LogP contribution in [0.5, 0.6) is 5.88 Å². The lowest BCUT2D eigenvalue weighted by molar-refractivity contribution is -0.0587. The fraction of sp³-hybridized carbons (Fsp3) is 0.500. The van der Waals surface area contributed by atoms with Crippen molar-refractivity contribution in [1.29, 1.82) is 0 Å². The molecule has 1 unspecified atom stereocenters. The highest BCUT2D eigenvalue weighted by atomic mass is 35.5. The molecule has 1 fully saturated rings. The van der Waals surface area contributed by atoms with Gasteiger partial charge in [0.1, 0.15) is 11.2 Å². The molecule has 1 amide bonds. The topological polar surface area (TPSA) is 119 Å². The summed E-state index contributed by atoms with van der Waals surface area (Å²) in [7, 11) is -5.44. The zero-order valence-electron chi connectivity index (χ0n) is 35.1. The van der Waals surface area contributed by atoms with Crippen LogP contribution in [0.25, 0.3) is 10.9 Å². The lowest BCUT2D eigenvalue weighted by Gasteiger charge is -2.33. The first kappa shape index (κ1) is 47.2. The molecule has 0 spiro atoms. The summed E-state index contributed by atoms with van der Waals surface area (Å²) in [4.78, 5) is 17.1. The Hall–Kier alpha value is -3.82. The van der Waals surface area contributed by atoms with Crippen LogP contribution >= 0.6 is 23.2 Å². The summed E-state index contributed by atoms with van der Waals surface area (Å²) in [6.07, 6.45) is 1.61. The summed E-state index contributed by atoms with van der Waals surface area (Å²) in [5.74, 6) is 0.107. The van der Waals surface area contributed by atoms with E-state index >= 15 is 0 Å². The molecule has 1 aliphatic rings. The number of fused-ring (bicyclic) bond motifs is 1. The molecule has 1 saturated heterocycles. The molecule has 1 atom stereocenters. The van der Waals surface area contributed by atoms with Gasteiger partial charge < -0.3 is 24.8 Å². The molecule has 16 heteroatoms. The number of amides is 1. The minimum Gasteiger partial charge on any atom is -0.471 e. The number of benzene rings is 3. The first-order chi connectivity index (χ1) is 28.0. The molecule has 1 aliphatic heterocycles. The van der Waals surface area contributed by atoms with Crippen LogP contribution in [0.2, 0.25) is 10.0 Å². The zero-order chi connectivity index (χ0) is 44.1. The highest BCUT2D eigenvalue weighted by molar-refractivity contribution is 7.90. The van der Waals surface area contributed by atoms with E-state index in [4.69, 9.17) is 42.4 Å². The molecule has 0 saturated carbocycles. The molecule has 0 aliphatic carbocycles. The van der Waals surface area contributed by atoms with Crippen molar-refractivity contribution in [2.24, 2.45) is 0 Å². The standard InChI is InChI=1S/C44H55Cl2F3N4O6S/c1-8-43(7,21-23-50-40(54)59-41(2,3)4)57-26-22-42(5,6)58-38-28-37(51-34-19-24-53(25-20-34)60(55,56)44(47,48)49)35-27-31(13-18-36(35)52-38)39(29-9-14-32(45)15-10-29)30-11-16-33(46)17-12-30/h9-18,27-28,34,39H,8,19-26H2,1-7H3,(H,50,54)(H,51,52). The number of piperidine rings is 1. The molecule has 5 rings (SSSR count). The predicted molar refractivity (Wildman–Crippen MR) is 232 cm³/mol. The van der Waals surface area contributed by atoms with Crippen LogP contribution in [0.1, 0.15) is 103 Å². The maximum absolute atomic E-state index is 13.4. The Labute approximate surface area is 361 Å². The molecule has 3 aromatic carbocycles. The third-order valence-electron chi connectivity index (χ3n) is 10.6. The Morgan fingerprint density at radius 2 is 1.43 bits per heavy atom. The summed E-state index contributed by atoms with van der Waals surface area (Å²) in [6, 6.07) is 22.6. The summed E-state index contributed by atoms with van der Waals surface area (Å²) in [6.45, 7) is 13.5. The van der Waals surface area contributed by atoms with Crippen LogP contribution in [-0.2, 0) is 19.5 Å². The van der Waals surface area contributed by atoms with Gasteiger partial charge in [0.15, 0.2) is 0 Å². The molecule has 2 heterocycles. The van der Waals surface area contributed by atoms with Crippen molar-refractivity contribution in [2.45, 2.75) is 115 Å². The van der Waals surface area contributed by atoms with Gasteiger partial charge in [0.25, 0.3) is 0 Å². The molecule has 10 nitrogen and oxygen atoms in total. The highest BCUT2D eigenvalue weighted by Gasteiger charge is 2.50. The number of hydrogen-bond acceptors (Lipinski definition) is 8. The quantitative estimate of drug-likeness (QED) is 0.107. The minimum atomic E-state index is -5.44. The van der Waals surface area contributed by atoms with Crippen LogP contribution in [0.4, 0.5) is 23.7 Å². The lowest BCUT2D eigenvalue weighted by atomic mass is 9.84. The molecule has 1 aromatic heterocycles. The van der Waals surface area contributed by atoms with Crippen molar-refractivity contribution in [1.82, 2.24) is 14.6 Å². The van der Waals surface area contributed by atoms with E-state index < -0.39 is 38.4 Å². The summed E-state index contributed by atoms with van der Waals surface area (Å²) >= 11 is 12.5. The Morgan fingerprint density at radius 3 is 1.97 bits per heavy atom. The number of alkyl halides is 3. The molecular formula is C44H55Cl2F3N4O6S. The number of carbonyl (C=O) groups is 1. The van der Waals surface area contributed by atoms with Crippen molar-refractivity contribution in [3.8, 4) is 5.88 Å². The van der Waals surface area contributed by atoms with Gasteiger partial charge in [0.2, 0.25) is 5.88 Å². The number of aromatic nitrogens is 1. The number of rotatable bonds is 16. The van der Waals surface area contributed by atoms with Crippen molar-refractivity contribution in [3.63, 3.8) is 0 Å². The smallest absolute Gasteiger partial charge is 0.471 e. The number of carbonyl (C=O) groups excluding carboxylic acids is 1. The summed E-state index contributed by atoms with van der Waals surface area (Å²) in [5.41, 5.74) is -3.04. The van der Waals surface area contributed by atoms with Gasteiger partial charge in [-0.1, -0.05) is 60.5 Å². The van der Waals surface area contributed by atoms with Crippen molar-refractivity contribution in [2.75, 3.05) is 31.6 Å². The van der Waals surface area contributed by atoms with E-state index in [1.165, 1.54) is 0 Å². The van der Waals surface area contributed by atoms with E-state index in [0.29, 0.717) is 63.8 Å². The van der Waals surface area contributed by atoms with Gasteiger partial charge in [-0.15, -0.1) is 0 Å². The Bertz CT molecular complexity index is 2150. The van der Waals surface area contributed by atoms with E-state index in [-0.39, 0.29) is 37.9 Å². The number of hydrogen-bond donors (Lipinski definition) is 2. The fourth-order valence-corrected chi connectivity index (χ4v) is 8.27. The first-order valence-corrected chi connectivity index (χ1v) is 22.3. The number of nitrogens with zero attached hydrogens (tertiary/aromatic N) is 2. The van der Waals surface area contributed by atoms with Gasteiger partial charge >= 0.3 is 21.6 Å². The average Bonchev–Trinajstić information content (AvgIpc) is 3.15. The molecular weight excluding hydrogens is 840 g/mol. The summed E-state index contributed by atoms with van der Waals surface area (Å²) in [5, 5.41) is 8.26. The minimum absolute atomic E-state index is 0.152. The van der Waals surface area contributed by atoms with Crippen LogP contribution in [0, 0.1) is 0 Å². The Kier molecular flexibility index (Phi) is 15.0. The number of ether oxygens (including phenoxy) is 3. The third-order valence-corrected chi connectivity index (χ3v) is 12.7. The van der Waals surface area contributed by atoms with Crippen LogP contribution in [-0.4, -0.2) is 78.4 Å². The predicted octanol–water partition coefficient (Wildman–Crippen LogP) is 11.1. The van der Waals surface area contributed by atoms with Crippen molar-refractivity contribution >= 4 is 55.9 Å². The van der Waals surface area contributed by atoms with Gasteiger partial charge in [-0.05, 0) is 120 Å². The second-order valence-corrected chi connectivity index (χ2v) is 19.8. The number of pyridine rings is 1. The lowest BCUT2D eigenvalue weighted by Crippen LogP contribution is -2.47. The van der Waals surface area contributed by atoms with Gasteiger partial charge in [-0.3, -0.25) is 0 Å². The maximum Gasteiger partial charge on any atom is 0.511 e. The first-order valence-electron chi connectivity index (χ1n) is 20.1. The number of alkyl carbamates (subject to hydrolysis) is 1. The van der Waals surface area contributed by atoms with Crippen LogP contribution in [0.15, 0.2) is 72.8 Å². The molecule has 2 N–H and O–H groups in total. The van der Waals surface area contributed by atoms with Crippen LogP contribution in [0.3, 0.4) is 0 Å². The maximum atomic E-state index is 13.4. The zero-order valence-corrected chi connectivity index (χ0v) is 37.4. The number of anilines is 1. The van der Waals surface area contributed by atoms with Crippen molar-refractivity contribution < 1.29 is 40.6 Å². The second kappa shape index (κ2) is 19.1. The molecule has 60 heavy (non-hydrogen) atoms. The van der Waals surface area contributed by atoms with Crippen LogP contribution < -0.4 is 15.4 Å². The van der Waals surface area contributed by atoms with E-state index in [1.54, 1.807) is 6.07 Å². The van der Waals surface area contributed by atoms with E-state index in [9.17, 15) is 26.4 Å². The van der Waals surface area contributed by atoms with Gasteiger partial charge in [-0.25, -0.2) is 18.2 Å². The largest absolute Gasteiger partial charge is 0.511 e. The van der Waals surface area contributed by atoms with Gasteiger partial charge in [0, 0.05) is 65.2 Å². The SMILES string of the molecule is CCC(C)(CCNC(=O)OC(C)(C)C)OCCC(C)(C)Oc1cc(NC2CCN(S(=O)(=O)C(F)(F)F)CC2)c2cc(C(c3ccc(Cl)cc3)c3ccc(Cl)cc3)ccc2n1. The van der Waals surface area contributed by atoms with Gasteiger partial charge in [-0.2, -0.15) is 17.5 Å². The van der Waals surface area contributed by atoms with E-state index in [2.05, 4.69) is 10.6 Å². The van der Waals surface area contributed by atoms with Crippen molar-refractivity contribution in [3.05, 3.63) is 99.5 Å². The number of halogens is 5. The third kappa shape index (κ3) is 12.6. The molecule has 0 radical (unpaired) electrons. The van der Waals surface area contributed by atoms with E-state index in [0.717, 1.165) is 22.1 Å². The second-order valence-electron chi connectivity index (χ2n) is 17.0. The number of sulfonamides is 1. The molecule has 0 bridgehead atoms. The highest BCUT2D eigenvalue weighted by Crippen LogP contribution is 2.38. The normalized spacial score (nSPS) is 15.8. The fourth-order valence-electron chi connectivity index (χ4n) is 7.04. The number of nitrogens with one attached hydrogen (secondary N) is 2. The molecule has 328 valence electrons. The Morgan fingerprint density at radius 1 is 0.867 bits per heavy atom. The van der Waals surface area contributed by atoms with E-state index in [1.807, 2.05) is 115 Å². The Balaban J connectivity index is 1.41. The summed E-state index contributed by atoms with van der Waals surface area (Å²) < 4.78 is 83.2. The molecule has 4 aromatic rings. The monoisotopic (exact) mass is 894 g/mol.